The van der Waals surface area contributed by atoms with E-state index in [1.54, 1.807) is 20.8 Å². The van der Waals surface area contributed by atoms with Crippen molar-refractivity contribution in [1.29, 1.82) is 0 Å². The van der Waals surface area contributed by atoms with Gasteiger partial charge >= 0.3 is 5.97 Å². The Morgan fingerprint density at radius 2 is 1.76 bits per heavy atom. The van der Waals surface area contributed by atoms with E-state index in [4.69, 9.17) is 27.8 Å². The molecule has 0 aromatic carbocycles. The van der Waals surface area contributed by atoms with Crippen molar-refractivity contribution < 1.29 is 14.3 Å². The lowest BCUT2D eigenvalue weighted by atomic mass is 10.1. The van der Waals surface area contributed by atoms with Crippen molar-refractivity contribution in [1.82, 2.24) is 0 Å². The van der Waals surface area contributed by atoms with Crippen LogP contribution in [0.25, 0.3) is 0 Å². The Hall–Kier alpha value is -1.49. The van der Waals surface area contributed by atoms with E-state index in [1.165, 1.54) is 12.2 Å². The second-order valence-corrected chi connectivity index (χ2v) is 4.80. The Kier molecular flexibility index (Phi) is 5.74. The van der Waals surface area contributed by atoms with Gasteiger partial charge in [-0.3, -0.25) is 9.59 Å². The maximum atomic E-state index is 11.4. The molecule has 17 heavy (non-hydrogen) atoms. The second kappa shape index (κ2) is 6.30. The van der Waals surface area contributed by atoms with E-state index in [0.29, 0.717) is 0 Å². The molecule has 0 rings (SSSR count). The highest BCUT2D eigenvalue weighted by molar-refractivity contribution is 6.29. The normalized spacial score (nSPS) is 13.4. The summed E-state index contributed by atoms with van der Waals surface area (Å²) in [6, 6.07) is 0. The minimum atomic E-state index is -0.629. The quantitative estimate of drug-likeness (QED) is 0.260. The Balaban J connectivity index is 4.41. The minimum Gasteiger partial charge on any atom is -0.460 e. The van der Waals surface area contributed by atoms with Crippen LogP contribution in [0.3, 0.4) is 0 Å². The summed E-state index contributed by atoms with van der Waals surface area (Å²) in [6.45, 7) is 5.14. The molecule has 0 aliphatic heterocycles. The lowest BCUT2D eigenvalue weighted by molar-refractivity contribution is -0.155. The van der Waals surface area contributed by atoms with Gasteiger partial charge in [-0.1, -0.05) is 11.6 Å². The van der Waals surface area contributed by atoms with Gasteiger partial charge < -0.3 is 16.2 Å². The Labute approximate surface area is 105 Å². The molecule has 0 aromatic heterocycles. The van der Waals surface area contributed by atoms with E-state index in [-0.39, 0.29) is 10.9 Å². The zero-order valence-corrected chi connectivity index (χ0v) is 10.9. The third-order valence-corrected chi connectivity index (χ3v) is 1.59. The van der Waals surface area contributed by atoms with Crippen molar-refractivity contribution in [3.8, 4) is 0 Å². The largest absolute Gasteiger partial charge is 0.460 e. The van der Waals surface area contributed by atoms with Gasteiger partial charge in [-0.25, -0.2) is 0 Å². The fourth-order valence-electron chi connectivity index (χ4n) is 0.873. The molecule has 0 fully saturated rings. The molecular formula is C11H17ClN2O3. The Bertz CT molecular complexity index is 363. The maximum Gasteiger partial charge on any atom is 0.314 e. The van der Waals surface area contributed by atoms with Crippen LogP contribution in [0.15, 0.2) is 23.0 Å². The number of carbonyl (C=O) groups is 2. The van der Waals surface area contributed by atoms with Gasteiger partial charge in [-0.05, 0) is 32.9 Å². The standard InChI is InChI=1S/C11H17ClN2O3/c1-11(2,3)17-10(16)6-8(15)7(13)4-5-9(12)14/h4-5H,6,13-14H2,1-3H3/b7-4-,9-5-. The molecule has 4 N–H and O–H groups in total. The molecule has 6 heteroatoms. The molecule has 0 aromatic rings. The van der Waals surface area contributed by atoms with Gasteiger partial charge in [0.05, 0.1) is 10.9 Å². The molecule has 0 aliphatic carbocycles. The summed E-state index contributed by atoms with van der Waals surface area (Å²) in [5.41, 5.74) is 9.85. The van der Waals surface area contributed by atoms with Crippen LogP contribution in [0.1, 0.15) is 27.2 Å². The van der Waals surface area contributed by atoms with E-state index >= 15 is 0 Å². The average molecular weight is 261 g/mol. The SMILES string of the molecule is CC(C)(C)OC(=O)CC(=O)/C(N)=C/C=C(\N)Cl. The number of nitrogens with two attached hydrogens (primary N) is 2. The summed E-state index contributed by atoms with van der Waals surface area (Å²) in [7, 11) is 0. The van der Waals surface area contributed by atoms with E-state index in [0.717, 1.165) is 0 Å². The highest BCUT2D eigenvalue weighted by atomic mass is 35.5. The third-order valence-electron chi connectivity index (χ3n) is 1.47. The number of rotatable bonds is 4. The first-order valence-corrected chi connectivity index (χ1v) is 5.33. The second-order valence-electron chi connectivity index (χ2n) is 4.36. The van der Waals surface area contributed by atoms with E-state index in [9.17, 15) is 9.59 Å². The summed E-state index contributed by atoms with van der Waals surface area (Å²) in [6.07, 6.45) is 2.11. The van der Waals surface area contributed by atoms with Crippen molar-refractivity contribution >= 4 is 23.4 Å². The van der Waals surface area contributed by atoms with Crippen LogP contribution < -0.4 is 11.5 Å². The van der Waals surface area contributed by atoms with Crippen molar-refractivity contribution in [2.45, 2.75) is 32.8 Å². The molecule has 0 saturated carbocycles. The summed E-state index contributed by atoms with van der Waals surface area (Å²) < 4.78 is 4.98. The van der Waals surface area contributed by atoms with Crippen LogP contribution in [-0.4, -0.2) is 17.4 Å². The number of ether oxygens (including phenoxy) is 1. The topological polar surface area (TPSA) is 95.4 Å². The van der Waals surface area contributed by atoms with E-state index < -0.39 is 23.8 Å². The Morgan fingerprint density at radius 1 is 1.24 bits per heavy atom. The van der Waals surface area contributed by atoms with Crippen LogP contribution in [0.2, 0.25) is 0 Å². The number of esters is 1. The lowest BCUT2D eigenvalue weighted by Crippen LogP contribution is -2.26. The highest BCUT2D eigenvalue weighted by Crippen LogP contribution is 2.09. The number of carbonyl (C=O) groups excluding carboxylic acids is 2. The van der Waals surface area contributed by atoms with Gasteiger partial charge in [-0.2, -0.15) is 0 Å². The molecule has 0 atom stereocenters. The minimum absolute atomic E-state index is 0.00184. The number of Topliss-reactive ketones (excluding diaryl/α,β-unsaturated/α-hetero) is 1. The molecule has 0 bridgehead atoms. The van der Waals surface area contributed by atoms with Crippen molar-refractivity contribution in [2.75, 3.05) is 0 Å². The van der Waals surface area contributed by atoms with Crippen LogP contribution >= 0.6 is 11.6 Å². The van der Waals surface area contributed by atoms with Gasteiger partial charge in [0.2, 0.25) is 0 Å². The van der Waals surface area contributed by atoms with Crippen LogP contribution in [0, 0.1) is 0 Å². The van der Waals surface area contributed by atoms with Crippen molar-refractivity contribution in [3.63, 3.8) is 0 Å². The first-order chi connectivity index (χ1) is 7.61. The number of halogens is 1. The number of allylic oxidation sites excluding steroid dienone is 3. The molecular weight excluding hydrogens is 244 g/mol. The number of hydrogen-bond donors (Lipinski definition) is 2. The molecule has 0 unspecified atom stereocenters. The predicted octanol–water partition coefficient (Wildman–Crippen LogP) is 1.17. The number of ketones is 1. The first-order valence-electron chi connectivity index (χ1n) is 4.95. The lowest BCUT2D eigenvalue weighted by Gasteiger charge is -2.19. The van der Waals surface area contributed by atoms with Gasteiger partial charge in [0.1, 0.15) is 12.0 Å². The first kappa shape index (κ1) is 15.5. The molecule has 0 radical (unpaired) electrons. The maximum absolute atomic E-state index is 11.4. The fourth-order valence-corrected chi connectivity index (χ4v) is 0.936. The summed E-state index contributed by atoms with van der Waals surface area (Å²) >= 11 is 5.36. The van der Waals surface area contributed by atoms with Crippen LogP contribution in [0.5, 0.6) is 0 Å². The number of hydrogen-bond acceptors (Lipinski definition) is 5. The predicted molar refractivity (Wildman–Crippen MR) is 65.9 cm³/mol. The summed E-state index contributed by atoms with van der Waals surface area (Å²) in [5, 5.41) is -0.00184. The van der Waals surface area contributed by atoms with E-state index in [1.807, 2.05) is 0 Å². The zero-order valence-electron chi connectivity index (χ0n) is 10.1. The summed E-state index contributed by atoms with van der Waals surface area (Å²) in [5.74, 6) is -1.16. The molecule has 0 spiro atoms. The molecule has 0 amide bonds. The molecule has 0 saturated heterocycles. The molecule has 0 aliphatic rings. The van der Waals surface area contributed by atoms with Gasteiger partial charge in [-0.15, -0.1) is 0 Å². The fraction of sp³-hybridized carbons (Fsp3) is 0.455. The zero-order chi connectivity index (χ0) is 13.6. The summed E-state index contributed by atoms with van der Waals surface area (Å²) in [4.78, 5) is 22.8. The van der Waals surface area contributed by atoms with Gasteiger partial charge in [0.25, 0.3) is 0 Å². The monoisotopic (exact) mass is 260 g/mol. The smallest absolute Gasteiger partial charge is 0.314 e. The third kappa shape index (κ3) is 8.33. The van der Waals surface area contributed by atoms with Crippen LogP contribution in [0.4, 0.5) is 0 Å². The van der Waals surface area contributed by atoms with Crippen LogP contribution in [-0.2, 0) is 14.3 Å². The van der Waals surface area contributed by atoms with Crippen molar-refractivity contribution in [2.24, 2.45) is 11.5 Å². The molecule has 0 heterocycles. The average Bonchev–Trinajstić information content (AvgIpc) is 2.10. The molecule has 5 nitrogen and oxygen atoms in total. The van der Waals surface area contributed by atoms with Gasteiger partial charge in [0, 0.05) is 0 Å². The highest BCUT2D eigenvalue weighted by Gasteiger charge is 2.19. The van der Waals surface area contributed by atoms with Crippen molar-refractivity contribution in [3.05, 3.63) is 23.0 Å². The van der Waals surface area contributed by atoms with Gasteiger partial charge in [0.15, 0.2) is 5.78 Å². The van der Waals surface area contributed by atoms with E-state index in [2.05, 4.69) is 0 Å². The Morgan fingerprint density at radius 3 is 2.18 bits per heavy atom. The molecule has 96 valence electrons.